The molecule has 12 aromatic carbocycles. The molecule has 14 aromatic rings. The van der Waals surface area contributed by atoms with Crippen LogP contribution in [0.3, 0.4) is 0 Å². The van der Waals surface area contributed by atoms with Gasteiger partial charge in [-0.15, -0.1) is 0 Å². The van der Waals surface area contributed by atoms with Crippen molar-refractivity contribution in [1.82, 2.24) is 0 Å². The van der Waals surface area contributed by atoms with Crippen molar-refractivity contribution >= 4 is 110 Å². The van der Waals surface area contributed by atoms with E-state index in [1.165, 1.54) is 65.9 Å². The molecule has 0 aliphatic rings. The summed E-state index contributed by atoms with van der Waals surface area (Å²) in [5, 5.41) is 11.9. The number of para-hydroxylation sites is 6. The van der Waals surface area contributed by atoms with Crippen LogP contribution in [0.1, 0.15) is 101 Å². The summed E-state index contributed by atoms with van der Waals surface area (Å²) in [5.41, 5.74) is 20.3. The molecule has 0 aliphatic heterocycles. The van der Waals surface area contributed by atoms with Gasteiger partial charge in [-0.2, -0.15) is 0 Å². The van der Waals surface area contributed by atoms with E-state index < -0.39 is 0 Å². The van der Waals surface area contributed by atoms with Crippen LogP contribution in [0.5, 0.6) is 0 Å². The molecule has 2 aromatic heterocycles. The van der Waals surface area contributed by atoms with E-state index in [1.807, 2.05) is 12.1 Å². The van der Waals surface area contributed by atoms with Crippen LogP contribution in [0.15, 0.2) is 227 Å². The van der Waals surface area contributed by atoms with Crippen molar-refractivity contribution < 1.29 is 8.83 Å². The van der Waals surface area contributed by atoms with Crippen molar-refractivity contribution in [3.05, 3.63) is 241 Å². The molecule has 0 atom stereocenters. The molecular formula is C76H64N2O2. The van der Waals surface area contributed by atoms with Gasteiger partial charge in [-0.3, -0.25) is 0 Å². The second-order valence-corrected chi connectivity index (χ2v) is 23.1. The second-order valence-electron chi connectivity index (χ2n) is 23.1. The smallest absolute Gasteiger partial charge is 0.143 e. The molecule has 4 heteroatoms. The van der Waals surface area contributed by atoms with Crippen molar-refractivity contribution in [3.8, 4) is 22.3 Å². The first-order chi connectivity index (χ1) is 39.0. The average molecular weight is 1040 g/mol. The maximum Gasteiger partial charge on any atom is 0.143 e. The van der Waals surface area contributed by atoms with E-state index in [-0.39, 0.29) is 23.7 Å². The van der Waals surface area contributed by atoms with Crippen molar-refractivity contribution in [1.29, 1.82) is 0 Å². The number of benzene rings is 12. The molecule has 80 heavy (non-hydrogen) atoms. The van der Waals surface area contributed by atoms with E-state index in [2.05, 4.69) is 271 Å². The molecule has 0 fully saturated rings. The van der Waals surface area contributed by atoms with Gasteiger partial charge in [-0.25, -0.2) is 0 Å². The van der Waals surface area contributed by atoms with Crippen molar-refractivity contribution in [3.63, 3.8) is 0 Å². The van der Waals surface area contributed by atoms with Gasteiger partial charge in [-0.1, -0.05) is 225 Å². The van der Waals surface area contributed by atoms with E-state index in [0.717, 1.165) is 88.9 Å². The van der Waals surface area contributed by atoms with Crippen LogP contribution in [-0.4, -0.2) is 0 Å². The Morgan fingerprint density at radius 1 is 0.287 bits per heavy atom. The average Bonchev–Trinajstić information content (AvgIpc) is 3.66. The third-order valence-electron chi connectivity index (χ3n) is 16.9. The Balaban J connectivity index is 0.977. The second kappa shape index (κ2) is 19.4. The number of rotatable bonds is 12. The van der Waals surface area contributed by atoms with Crippen LogP contribution in [0.4, 0.5) is 34.1 Å². The van der Waals surface area contributed by atoms with Crippen molar-refractivity contribution in [2.75, 3.05) is 9.80 Å². The molecule has 0 radical (unpaired) electrons. The topological polar surface area (TPSA) is 32.8 Å². The van der Waals surface area contributed by atoms with Gasteiger partial charge in [0.2, 0.25) is 0 Å². The summed E-state index contributed by atoms with van der Waals surface area (Å²) in [6.07, 6.45) is 0. The third-order valence-corrected chi connectivity index (χ3v) is 16.9. The maximum absolute atomic E-state index is 6.57. The van der Waals surface area contributed by atoms with E-state index in [0.29, 0.717) is 0 Å². The predicted octanol–water partition coefficient (Wildman–Crippen LogP) is 23.2. The fraction of sp³-hybridized carbons (Fsp3) is 0.158. The van der Waals surface area contributed by atoms with E-state index in [4.69, 9.17) is 8.83 Å². The predicted molar refractivity (Wildman–Crippen MR) is 341 cm³/mol. The van der Waals surface area contributed by atoms with Crippen molar-refractivity contribution in [2.45, 2.75) is 79.1 Å². The molecule has 0 unspecified atom stereocenters. The molecular weight excluding hydrogens is 973 g/mol. The molecule has 14 rings (SSSR count). The Morgan fingerprint density at radius 3 is 1.00 bits per heavy atom. The number of furan rings is 2. The molecule has 390 valence electrons. The molecule has 0 spiro atoms. The minimum Gasteiger partial charge on any atom is -0.455 e. The van der Waals surface area contributed by atoms with Gasteiger partial charge in [0.1, 0.15) is 22.3 Å². The summed E-state index contributed by atoms with van der Waals surface area (Å²) >= 11 is 0. The van der Waals surface area contributed by atoms with Gasteiger partial charge in [0.05, 0.1) is 22.7 Å². The highest BCUT2D eigenvalue weighted by molar-refractivity contribution is 6.28. The SMILES string of the molecule is CC(C)c1cccc(C(C)C)c1N(c1ccc(-c2cccc3c2oc2ccccc23)cc1)c1ccc2ccc3c(N(c4ccc(-c5cccc6c5oc5ccccc56)cc4)c4c(C(C)C)cccc4C(C)C)ccc4ccc1c2c43. The summed E-state index contributed by atoms with van der Waals surface area (Å²) in [6.45, 7) is 18.6. The highest BCUT2D eigenvalue weighted by atomic mass is 16.3. The molecule has 0 bridgehead atoms. The van der Waals surface area contributed by atoms with Crippen LogP contribution in [0.25, 0.3) is 98.4 Å². The lowest BCUT2D eigenvalue weighted by atomic mass is 9.88. The molecule has 2 heterocycles. The number of hydrogen-bond acceptors (Lipinski definition) is 4. The number of nitrogens with zero attached hydrogens (tertiary/aromatic N) is 2. The first-order valence-corrected chi connectivity index (χ1v) is 28.6. The first kappa shape index (κ1) is 49.2. The summed E-state index contributed by atoms with van der Waals surface area (Å²) in [6, 6.07) is 80.7. The molecule has 0 amide bonds. The van der Waals surface area contributed by atoms with Gasteiger partial charge in [0.15, 0.2) is 0 Å². The maximum atomic E-state index is 6.57. The quantitative estimate of drug-likeness (QED) is 0.114. The lowest BCUT2D eigenvalue weighted by Crippen LogP contribution is -2.17. The van der Waals surface area contributed by atoms with Gasteiger partial charge in [-0.05, 0) is 127 Å². The molecule has 0 aliphatic carbocycles. The Morgan fingerprint density at radius 2 is 0.625 bits per heavy atom. The van der Waals surface area contributed by atoms with Crippen LogP contribution in [0.2, 0.25) is 0 Å². The van der Waals surface area contributed by atoms with Crippen LogP contribution in [-0.2, 0) is 0 Å². The van der Waals surface area contributed by atoms with E-state index in [9.17, 15) is 0 Å². The van der Waals surface area contributed by atoms with Crippen LogP contribution >= 0.6 is 0 Å². The van der Waals surface area contributed by atoms with Crippen LogP contribution in [0, 0.1) is 0 Å². The first-order valence-electron chi connectivity index (χ1n) is 28.6. The van der Waals surface area contributed by atoms with Gasteiger partial charge >= 0.3 is 0 Å². The molecule has 0 N–H and O–H groups in total. The third kappa shape index (κ3) is 7.87. The Hall–Kier alpha value is -9.12. The minimum atomic E-state index is 0.280. The molecule has 0 saturated heterocycles. The van der Waals surface area contributed by atoms with E-state index in [1.54, 1.807) is 0 Å². The van der Waals surface area contributed by atoms with Crippen LogP contribution < -0.4 is 9.80 Å². The number of fused-ring (bicyclic) bond motifs is 6. The standard InChI is InChI=1S/C76H64N2O2/c1-45(2)55-19-13-20-56(46(3)4)73(55)77(53-37-29-49(30-38-53)59-23-15-25-63-61-17-9-11-27-69(61)79-75(59)63)67-43-35-51-34-42-66-68(44-36-52-33-41-65(67)71(51)72(52)66)78(74-57(47(5)6)21-14-22-58(74)48(7)8)54-39-31-50(32-40-54)60-24-16-26-64-62-18-10-12-28-70(62)80-76(60)64/h9-48H,1-8H3. The largest absolute Gasteiger partial charge is 0.455 e. The van der Waals surface area contributed by atoms with Gasteiger partial charge in [0, 0.05) is 54.8 Å². The minimum absolute atomic E-state index is 0.280. The molecule has 4 nitrogen and oxygen atoms in total. The lowest BCUT2D eigenvalue weighted by molar-refractivity contribution is 0.669. The Labute approximate surface area is 468 Å². The zero-order chi connectivity index (χ0) is 54.5. The Bertz CT molecular complexity index is 4320. The zero-order valence-electron chi connectivity index (χ0n) is 46.8. The fourth-order valence-corrected chi connectivity index (χ4v) is 13.0. The summed E-state index contributed by atoms with van der Waals surface area (Å²) in [4.78, 5) is 5.13. The zero-order valence-corrected chi connectivity index (χ0v) is 46.8. The molecule has 0 saturated carbocycles. The van der Waals surface area contributed by atoms with Gasteiger partial charge in [0.25, 0.3) is 0 Å². The summed E-state index contributed by atoms with van der Waals surface area (Å²) in [5.74, 6) is 1.12. The highest BCUT2D eigenvalue weighted by Gasteiger charge is 2.29. The summed E-state index contributed by atoms with van der Waals surface area (Å²) in [7, 11) is 0. The lowest BCUT2D eigenvalue weighted by Gasteiger charge is -2.34. The Kier molecular flexibility index (Phi) is 11.9. The number of anilines is 6. The highest BCUT2D eigenvalue weighted by Crippen LogP contribution is 2.52. The normalized spacial score (nSPS) is 12.2. The monoisotopic (exact) mass is 1040 g/mol. The van der Waals surface area contributed by atoms with Crippen molar-refractivity contribution in [2.24, 2.45) is 0 Å². The summed E-state index contributed by atoms with van der Waals surface area (Å²) < 4.78 is 13.1. The van der Waals surface area contributed by atoms with Gasteiger partial charge < -0.3 is 18.6 Å². The van der Waals surface area contributed by atoms with E-state index >= 15 is 0 Å². The fourth-order valence-electron chi connectivity index (χ4n) is 13.0. The number of hydrogen-bond donors (Lipinski definition) is 0.